The Morgan fingerprint density at radius 2 is 2.00 bits per heavy atom. The van der Waals surface area contributed by atoms with E-state index in [2.05, 4.69) is 17.2 Å². The Labute approximate surface area is 134 Å². The van der Waals surface area contributed by atoms with E-state index < -0.39 is 6.10 Å². The Morgan fingerprint density at radius 1 is 1.30 bits per heavy atom. The second kappa shape index (κ2) is 7.55. The molecule has 2 N–H and O–H groups in total. The van der Waals surface area contributed by atoms with Crippen LogP contribution in [0, 0.1) is 0 Å². The molecule has 0 radical (unpaired) electrons. The molecule has 2 rings (SSSR count). The monoisotopic (exact) mass is 317 g/mol. The minimum Gasteiger partial charge on any atom is -0.365 e. The number of hydrogen-bond donors (Lipinski definition) is 2. The van der Waals surface area contributed by atoms with Gasteiger partial charge in [0.1, 0.15) is 0 Å². The molecule has 0 aromatic heterocycles. The number of nitrogens with one attached hydrogen (secondary N) is 2. The number of ether oxygens (including phenoxy) is 1. The van der Waals surface area contributed by atoms with E-state index in [0.717, 1.165) is 0 Å². The van der Waals surface area contributed by atoms with Crippen LogP contribution in [-0.2, 0) is 14.3 Å². The third-order valence-corrected chi connectivity index (χ3v) is 3.48. The van der Waals surface area contributed by atoms with E-state index in [1.165, 1.54) is 13.1 Å². The normalized spacial score (nSPS) is 17.3. The first kappa shape index (κ1) is 16.7. The van der Waals surface area contributed by atoms with Crippen molar-refractivity contribution < 1.29 is 19.1 Å². The second-order valence-electron chi connectivity index (χ2n) is 5.00. The molecule has 1 atom stereocenters. The van der Waals surface area contributed by atoms with Crippen molar-refractivity contribution in [1.29, 1.82) is 0 Å². The molecule has 7 nitrogen and oxygen atoms in total. The summed E-state index contributed by atoms with van der Waals surface area (Å²) in [6.07, 6.45) is 0.523. The molecule has 1 aromatic carbocycles. The molecule has 1 unspecified atom stereocenters. The Bertz CT molecular complexity index is 612. The van der Waals surface area contributed by atoms with Gasteiger partial charge in [-0.3, -0.25) is 14.4 Å². The molecule has 1 aromatic rings. The molecule has 0 spiro atoms. The first-order chi connectivity index (χ1) is 11.0. The van der Waals surface area contributed by atoms with E-state index in [-0.39, 0.29) is 24.3 Å². The fourth-order valence-corrected chi connectivity index (χ4v) is 2.23. The van der Waals surface area contributed by atoms with Gasteiger partial charge in [-0.2, -0.15) is 0 Å². The smallest absolute Gasteiger partial charge is 0.254 e. The molecule has 1 aliphatic heterocycles. The van der Waals surface area contributed by atoms with Gasteiger partial charge in [0, 0.05) is 24.8 Å². The summed E-state index contributed by atoms with van der Waals surface area (Å²) in [5.74, 6) is -0.737. The number of amides is 3. The van der Waals surface area contributed by atoms with Crippen molar-refractivity contribution in [3.05, 3.63) is 42.5 Å². The van der Waals surface area contributed by atoms with Crippen LogP contribution in [0.3, 0.4) is 0 Å². The first-order valence-corrected chi connectivity index (χ1v) is 7.21. The average Bonchev–Trinajstić information content (AvgIpc) is 2.61. The molecule has 1 heterocycles. The zero-order valence-corrected chi connectivity index (χ0v) is 12.9. The van der Waals surface area contributed by atoms with Gasteiger partial charge < -0.3 is 20.3 Å². The third-order valence-electron chi connectivity index (χ3n) is 3.48. The topological polar surface area (TPSA) is 87.7 Å². The predicted octanol–water partition coefficient (Wildman–Crippen LogP) is 0.398. The van der Waals surface area contributed by atoms with Crippen LogP contribution in [0.25, 0.3) is 0 Å². The van der Waals surface area contributed by atoms with Crippen LogP contribution in [0.2, 0.25) is 0 Å². The van der Waals surface area contributed by atoms with Crippen LogP contribution in [0.4, 0.5) is 5.69 Å². The van der Waals surface area contributed by atoms with E-state index >= 15 is 0 Å². The Hall–Kier alpha value is -2.67. The Kier molecular flexibility index (Phi) is 5.48. The highest BCUT2D eigenvalue weighted by atomic mass is 16.5. The van der Waals surface area contributed by atoms with E-state index in [0.29, 0.717) is 24.4 Å². The Balaban J connectivity index is 2.03. The molecule has 7 heteroatoms. The molecule has 23 heavy (non-hydrogen) atoms. The molecule has 0 aliphatic carbocycles. The minimum absolute atomic E-state index is 0.177. The van der Waals surface area contributed by atoms with Gasteiger partial charge in [-0.1, -0.05) is 6.58 Å². The minimum atomic E-state index is -0.649. The molecular formula is C16H19N3O4. The molecule has 1 aliphatic rings. The van der Waals surface area contributed by atoms with Gasteiger partial charge in [-0.05, 0) is 30.3 Å². The van der Waals surface area contributed by atoms with Crippen molar-refractivity contribution in [1.82, 2.24) is 10.2 Å². The maximum atomic E-state index is 12.5. The molecule has 0 saturated carbocycles. The van der Waals surface area contributed by atoms with Crippen LogP contribution in [0.1, 0.15) is 10.4 Å². The summed E-state index contributed by atoms with van der Waals surface area (Å²) < 4.78 is 5.36. The van der Waals surface area contributed by atoms with Gasteiger partial charge in [0.05, 0.1) is 13.2 Å². The highest BCUT2D eigenvalue weighted by Crippen LogP contribution is 2.14. The Morgan fingerprint density at radius 3 is 2.61 bits per heavy atom. The van der Waals surface area contributed by atoms with Gasteiger partial charge >= 0.3 is 0 Å². The van der Waals surface area contributed by atoms with E-state index in [1.54, 1.807) is 29.2 Å². The highest BCUT2D eigenvalue weighted by molar-refractivity contribution is 5.99. The summed E-state index contributed by atoms with van der Waals surface area (Å²) in [4.78, 5) is 36.9. The summed E-state index contributed by atoms with van der Waals surface area (Å²) in [5, 5.41) is 5.13. The fraction of sp³-hybridized carbons (Fsp3) is 0.312. The van der Waals surface area contributed by atoms with Crippen molar-refractivity contribution in [2.24, 2.45) is 0 Å². The molecule has 0 bridgehead atoms. The van der Waals surface area contributed by atoms with E-state index in [1.807, 2.05) is 0 Å². The van der Waals surface area contributed by atoms with Crippen LogP contribution in [-0.4, -0.2) is 55.5 Å². The largest absolute Gasteiger partial charge is 0.365 e. The van der Waals surface area contributed by atoms with Gasteiger partial charge in [0.15, 0.2) is 6.10 Å². The third kappa shape index (κ3) is 4.17. The number of rotatable bonds is 4. The van der Waals surface area contributed by atoms with Crippen molar-refractivity contribution in [3.8, 4) is 0 Å². The zero-order valence-electron chi connectivity index (χ0n) is 12.9. The van der Waals surface area contributed by atoms with Crippen molar-refractivity contribution >= 4 is 23.4 Å². The standard InChI is InChI=1S/C16H19N3O4/c1-3-14(20)18-12-6-4-11(5-7-12)16(22)19-8-9-23-13(10-19)15(21)17-2/h3-7,13H,1,8-10H2,2H3,(H,17,21)(H,18,20). The molecular weight excluding hydrogens is 298 g/mol. The number of likely N-dealkylation sites (N-methyl/N-ethyl adjacent to an activating group) is 1. The first-order valence-electron chi connectivity index (χ1n) is 7.21. The maximum Gasteiger partial charge on any atom is 0.254 e. The lowest BCUT2D eigenvalue weighted by atomic mass is 10.1. The van der Waals surface area contributed by atoms with Crippen LogP contribution in [0.5, 0.6) is 0 Å². The summed E-state index contributed by atoms with van der Waals surface area (Å²) in [6, 6.07) is 6.55. The number of benzene rings is 1. The summed E-state index contributed by atoms with van der Waals surface area (Å²) in [6.45, 7) is 4.34. The van der Waals surface area contributed by atoms with Crippen molar-refractivity contribution in [2.45, 2.75) is 6.10 Å². The van der Waals surface area contributed by atoms with Crippen LogP contribution >= 0.6 is 0 Å². The van der Waals surface area contributed by atoms with Gasteiger partial charge in [-0.25, -0.2) is 0 Å². The van der Waals surface area contributed by atoms with E-state index in [4.69, 9.17) is 4.74 Å². The second-order valence-corrected chi connectivity index (χ2v) is 5.00. The predicted molar refractivity (Wildman–Crippen MR) is 85.0 cm³/mol. The lowest BCUT2D eigenvalue weighted by Gasteiger charge is -2.32. The summed E-state index contributed by atoms with van der Waals surface area (Å²) in [5.41, 5.74) is 1.07. The fourth-order valence-electron chi connectivity index (χ4n) is 2.23. The average molecular weight is 317 g/mol. The lowest BCUT2D eigenvalue weighted by molar-refractivity contribution is -0.136. The van der Waals surface area contributed by atoms with Crippen LogP contribution < -0.4 is 10.6 Å². The number of morpholine rings is 1. The van der Waals surface area contributed by atoms with Gasteiger partial charge in [-0.15, -0.1) is 0 Å². The lowest BCUT2D eigenvalue weighted by Crippen LogP contribution is -2.51. The molecule has 3 amide bonds. The van der Waals surface area contributed by atoms with Crippen molar-refractivity contribution in [3.63, 3.8) is 0 Å². The number of hydrogen-bond acceptors (Lipinski definition) is 4. The molecule has 1 fully saturated rings. The van der Waals surface area contributed by atoms with Gasteiger partial charge in [0.25, 0.3) is 11.8 Å². The highest BCUT2D eigenvalue weighted by Gasteiger charge is 2.29. The molecule has 1 saturated heterocycles. The zero-order chi connectivity index (χ0) is 16.8. The summed E-state index contributed by atoms with van der Waals surface area (Å²) in [7, 11) is 1.53. The SMILES string of the molecule is C=CC(=O)Nc1ccc(C(=O)N2CCOC(C(=O)NC)C2)cc1. The number of carbonyl (C=O) groups is 3. The summed E-state index contributed by atoms with van der Waals surface area (Å²) >= 11 is 0. The van der Waals surface area contributed by atoms with E-state index in [9.17, 15) is 14.4 Å². The van der Waals surface area contributed by atoms with Crippen molar-refractivity contribution in [2.75, 3.05) is 32.1 Å². The number of anilines is 1. The quantitative estimate of drug-likeness (QED) is 0.787. The number of carbonyl (C=O) groups excluding carboxylic acids is 3. The van der Waals surface area contributed by atoms with Crippen LogP contribution in [0.15, 0.2) is 36.9 Å². The molecule has 122 valence electrons. The number of nitrogens with zero attached hydrogens (tertiary/aromatic N) is 1. The van der Waals surface area contributed by atoms with Gasteiger partial charge in [0.2, 0.25) is 5.91 Å². The maximum absolute atomic E-state index is 12.5.